The number of aromatic hydroxyl groups is 1. The molecular weight excluding hydrogens is 328 g/mol. The second kappa shape index (κ2) is 10.2. The van der Waals surface area contributed by atoms with Crippen LogP contribution in [-0.4, -0.2) is 16.0 Å². The van der Waals surface area contributed by atoms with Crippen LogP contribution in [0.15, 0.2) is 53.5 Å². The number of carbonyl (C=O) groups is 1. The van der Waals surface area contributed by atoms with E-state index in [1.807, 2.05) is 12.1 Å². The van der Waals surface area contributed by atoms with Gasteiger partial charge < -0.3 is 15.4 Å². The van der Waals surface area contributed by atoms with Gasteiger partial charge in [0, 0.05) is 18.7 Å². The molecule has 2 aromatic rings. The van der Waals surface area contributed by atoms with Gasteiger partial charge in [-0.1, -0.05) is 31.6 Å². The fourth-order valence-electron chi connectivity index (χ4n) is 2.73. The molecule has 5 heteroatoms. The van der Waals surface area contributed by atoms with E-state index in [-0.39, 0.29) is 17.2 Å². The van der Waals surface area contributed by atoms with Crippen LogP contribution >= 0.6 is 0 Å². The molecule has 0 unspecified atom stereocenters. The molecule has 0 spiro atoms. The monoisotopic (exact) mass is 354 g/mol. The molecule has 0 fully saturated rings. The summed E-state index contributed by atoms with van der Waals surface area (Å²) >= 11 is 0. The number of phenols is 1. The smallest absolute Gasteiger partial charge is 0.248 e. The van der Waals surface area contributed by atoms with Crippen molar-refractivity contribution in [3.05, 3.63) is 64.6 Å². The van der Waals surface area contributed by atoms with Gasteiger partial charge in [0.1, 0.15) is 5.75 Å². The largest absolute Gasteiger partial charge is 0.508 e. The van der Waals surface area contributed by atoms with Crippen molar-refractivity contribution in [2.75, 3.05) is 5.32 Å². The molecule has 0 saturated carbocycles. The number of anilines is 1. The number of aromatic amines is 1. The molecule has 3 N–H and O–H groups in total. The second-order valence-electron chi connectivity index (χ2n) is 6.26. The lowest BCUT2D eigenvalue weighted by molar-refractivity contribution is -0.116. The summed E-state index contributed by atoms with van der Waals surface area (Å²) < 4.78 is 0. The molecule has 0 atom stereocenters. The third kappa shape index (κ3) is 6.59. The number of hydrogen-bond donors (Lipinski definition) is 3. The Bertz CT molecular complexity index is 771. The van der Waals surface area contributed by atoms with Gasteiger partial charge in [0.2, 0.25) is 11.5 Å². The Morgan fingerprint density at radius 1 is 1.12 bits per heavy atom. The van der Waals surface area contributed by atoms with Crippen molar-refractivity contribution in [3.63, 3.8) is 0 Å². The van der Waals surface area contributed by atoms with E-state index in [2.05, 4.69) is 23.3 Å². The number of H-pyrrole nitrogens is 1. The van der Waals surface area contributed by atoms with Gasteiger partial charge in [0.25, 0.3) is 0 Å². The average molecular weight is 354 g/mol. The zero-order chi connectivity index (χ0) is 18.8. The van der Waals surface area contributed by atoms with Gasteiger partial charge >= 0.3 is 0 Å². The summed E-state index contributed by atoms with van der Waals surface area (Å²) in [6.45, 7) is 2.15. The fraction of sp³-hybridized carbons (Fsp3) is 0.333. The van der Waals surface area contributed by atoms with Crippen LogP contribution in [0.1, 0.15) is 51.0 Å². The van der Waals surface area contributed by atoms with Gasteiger partial charge in [0.15, 0.2) is 0 Å². The molecule has 0 aliphatic heterocycles. The summed E-state index contributed by atoms with van der Waals surface area (Å²) in [5.74, 6) is 0.228. The molecule has 1 heterocycles. The maximum absolute atomic E-state index is 11.9. The lowest BCUT2D eigenvalue weighted by atomic mass is 9.99. The maximum Gasteiger partial charge on any atom is 0.248 e. The first-order valence-corrected chi connectivity index (χ1v) is 9.05. The highest BCUT2D eigenvalue weighted by Gasteiger charge is 2.03. The molecule has 0 aliphatic rings. The molecule has 0 aliphatic carbocycles. The van der Waals surface area contributed by atoms with Gasteiger partial charge in [0.05, 0.1) is 5.69 Å². The number of aromatic nitrogens is 1. The number of pyridine rings is 1. The van der Waals surface area contributed by atoms with Crippen LogP contribution in [0.5, 0.6) is 5.75 Å². The number of carbonyl (C=O) groups excluding carboxylic acids is 1. The Hall–Kier alpha value is -2.82. The maximum atomic E-state index is 11.9. The number of benzene rings is 1. The highest BCUT2D eigenvalue weighted by molar-refractivity contribution is 5.90. The number of phenolic OH excluding ortho intramolecular Hbond substituents is 1. The van der Waals surface area contributed by atoms with Crippen molar-refractivity contribution in [1.82, 2.24) is 4.98 Å². The van der Waals surface area contributed by atoms with Crippen molar-refractivity contribution in [2.24, 2.45) is 0 Å². The zero-order valence-electron chi connectivity index (χ0n) is 15.1. The van der Waals surface area contributed by atoms with E-state index >= 15 is 0 Å². The molecule has 0 radical (unpaired) electrons. The molecule has 0 saturated heterocycles. The normalized spacial score (nSPS) is 11.3. The topological polar surface area (TPSA) is 82.2 Å². The van der Waals surface area contributed by atoms with Crippen LogP contribution in [0.2, 0.25) is 0 Å². The van der Waals surface area contributed by atoms with Crippen LogP contribution in [0.3, 0.4) is 0 Å². The molecule has 1 aromatic heterocycles. The molecule has 1 amide bonds. The minimum absolute atomic E-state index is 0.0478. The van der Waals surface area contributed by atoms with Crippen LogP contribution in [0.25, 0.3) is 5.57 Å². The summed E-state index contributed by atoms with van der Waals surface area (Å²) in [4.78, 5) is 25.4. The van der Waals surface area contributed by atoms with Crippen molar-refractivity contribution in [2.45, 2.75) is 45.4 Å². The van der Waals surface area contributed by atoms with Crippen LogP contribution < -0.4 is 10.9 Å². The Morgan fingerprint density at radius 3 is 2.54 bits per heavy atom. The number of hydrogen-bond acceptors (Lipinski definition) is 3. The molecular formula is C21H26N2O3. The van der Waals surface area contributed by atoms with E-state index < -0.39 is 0 Å². The number of rotatable bonds is 9. The van der Waals surface area contributed by atoms with Gasteiger partial charge in [-0.3, -0.25) is 9.59 Å². The average Bonchev–Trinajstić information content (AvgIpc) is 2.63. The standard InChI is InChI=1S/C21H26N2O3/c1-2-6-16(17-9-12-19(24)13-10-17)7-4-3-5-8-21(26)23-18-11-14-20(25)22-15-18/h7,9-15,24H,2-6,8H2,1H3,(H,22,25)(H,23,26)/b16-7+. The second-order valence-corrected chi connectivity index (χ2v) is 6.26. The summed E-state index contributed by atoms with van der Waals surface area (Å²) in [5.41, 5.74) is 2.84. The summed E-state index contributed by atoms with van der Waals surface area (Å²) in [5, 5.41) is 12.2. The Kier molecular flexibility index (Phi) is 7.68. The Morgan fingerprint density at radius 2 is 1.88 bits per heavy atom. The van der Waals surface area contributed by atoms with Crippen LogP contribution in [-0.2, 0) is 4.79 Å². The highest BCUT2D eigenvalue weighted by Crippen LogP contribution is 2.23. The Labute approximate surface area is 153 Å². The lowest BCUT2D eigenvalue weighted by Crippen LogP contribution is -2.12. The van der Waals surface area contributed by atoms with Crippen LogP contribution in [0, 0.1) is 0 Å². The quantitative estimate of drug-likeness (QED) is 0.581. The van der Waals surface area contributed by atoms with Gasteiger partial charge in [-0.25, -0.2) is 0 Å². The molecule has 26 heavy (non-hydrogen) atoms. The fourth-order valence-corrected chi connectivity index (χ4v) is 2.73. The van der Waals surface area contributed by atoms with Crippen molar-refractivity contribution in [3.8, 4) is 5.75 Å². The van der Waals surface area contributed by atoms with Gasteiger partial charge in [-0.05, 0) is 55.0 Å². The molecule has 138 valence electrons. The summed E-state index contributed by atoms with van der Waals surface area (Å²) in [7, 11) is 0. The minimum Gasteiger partial charge on any atom is -0.508 e. The van der Waals surface area contributed by atoms with E-state index in [0.29, 0.717) is 12.1 Å². The predicted octanol–water partition coefficient (Wildman–Crippen LogP) is 4.46. The van der Waals surface area contributed by atoms with Crippen LogP contribution in [0.4, 0.5) is 5.69 Å². The molecule has 2 rings (SSSR count). The number of amides is 1. The predicted molar refractivity (Wildman–Crippen MR) is 105 cm³/mol. The number of unbranched alkanes of at least 4 members (excludes halogenated alkanes) is 2. The zero-order valence-corrected chi connectivity index (χ0v) is 15.1. The first-order chi connectivity index (χ1) is 12.6. The van der Waals surface area contributed by atoms with Gasteiger partial charge in [-0.15, -0.1) is 0 Å². The molecule has 0 bridgehead atoms. The highest BCUT2D eigenvalue weighted by atomic mass is 16.3. The SMILES string of the molecule is CCC/C(=C\CCCCC(=O)Nc1ccc(=O)[nH]c1)c1ccc(O)cc1. The lowest BCUT2D eigenvalue weighted by Gasteiger charge is -2.08. The van der Waals surface area contributed by atoms with Crippen molar-refractivity contribution in [1.29, 1.82) is 0 Å². The minimum atomic E-state index is -0.189. The summed E-state index contributed by atoms with van der Waals surface area (Å²) in [6.07, 6.45) is 8.90. The first-order valence-electron chi connectivity index (χ1n) is 9.05. The van der Waals surface area contributed by atoms with E-state index in [4.69, 9.17) is 0 Å². The van der Waals surface area contributed by atoms with E-state index in [9.17, 15) is 14.7 Å². The third-order valence-corrected chi connectivity index (χ3v) is 4.07. The van der Waals surface area contributed by atoms with Crippen molar-refractivity contribution < 1.29 is 9.90 Å². The van der Waals surface area contributed by atoms with E-state index in [1.165, 1.54) is 17.8 Å². The molecule has 1 aromatic carbocycles. The number of nitrogens with one attached hydrogen (secondary N) is 2. The Balaban J connectivity index is 1.77. The van der Waals surface area contributed by atoms with Gasteiger partial charge in [-0.2, -0.15) is 0 Å². The number of allylic oxidation sites excluding steroid dienone is 2. The molecule has 5 nitrogen and oxygen atoms in total. The summed E-state index contributed by atoms with van der Waals surface area (Å²) in [6, 6.07) is 10.3. The third-order valence-electron chi connectivity index (χ3n) is 4.07. The van der Waals surface area contributed by atoms with E-state index in [0.717, 1.165) is 37.7 Å². The van der Waals surface area contributed by atoms with E-state index in [1.54, 1.807) is 18.2 Å². The first kappa shape index (κ1) is 19.5. The van der Waals surface area contributed by atoms with Crippen molar-refractivity contribution >= 4 is 17.2 Å².